The van der Waals surface area contributed by atoms with Crippen LogP contribution < -0.4 is 4.90 Å². The number of nitrogens with zero attached hydrogens (tertiary/aromatic N) is 2. The first-order valence-corrected chi connectivity index (χ1v) is 8.72. The van der Waals surface area contributed by atoms with E-state index in [4.69, 9.17) is 11.6 Å². The van der Waals surface area contributed by atoms with Gasteiger partial charge in [0, 0.05) is 29.4 Å². The summed E-state index contributed by atoms with van der Waals surface area (Å²) in [4.78, 5) is 29.2. The molecule has 0 saturated carbocycles. The van der Waals surface area contributed by atoms with Crippen LogP contribution in [-0.2, 0) is 4.79 Å². The van der Waals surface area contributed by atoms with Crippen molar-refractivity contribution in [2.75, 3.05) is 18.0 Å². The number of benzene rings is 2. The summed E-state index contributed by atoms with van der Waals surface area (Å²) in [6.45, 7) is 6.60. The number of carbonyl (C=O) groups excluding carboxylic acids is 2. The zero-order valence-electron chi connectivity index (χ0n) is 14.6. The molecule has 3 rings (SSSR count). The molecular weight excluding hydrogens is 336 g/mol. The van der Waals surface area contributed by atoms with Crippen molar-refractivity contribution in [1.82, 2.24) is 4.90 Å². The Bertz CT molecular complexity index is 834. The standard InChI is InChI=1S/C20H21ClN2O2/c1-13-6-4-5-7-17(13)20(25)22-10-11-23(19(24)15(22)3)18-12-16(21)9-8-14(18)2/h4-9,12,15H,10-11H2,1-3H3/t15-/m1/s1. The van der Waals surface area contributed by atoms with Gasteiger partial charge in [-0.1, -0.05) is 35.9 Å². The molecular formula is C20H21ClN2O2. The molecule has 0 radical (unpaired) electrons. The van der Waals surface area contributed by atoms with Crippen molar-refractivity contribution >= 4 is 29.1 Å². The summed E-state index contributed by atoms with van der Waals surface area (Å²) in [6.07, 6.45) is 0. The van der Waals surface area contributed by atoms with Crippen LogP contribution in [0.25, 0.3) is 0 Å². The first-order valence-electron chi connectivity index (χ1n) is 8.34. The van der Waals surface area contributed by atoms with Crippen LogP contribution in [0.4, 0.5) is 5.69 Å². The minimum atomic E-state index is -0.515. The first kappa shape index (κ1) is 17.5. The summed E-state index contributed by atoms with van der Waals surface area (Å²) in [6, 6.07) is 12.5. The monoisotopic (exact) mass is 356 g/mol. The van der Waals surface area contributed by atoms with Gasteiger partial charge in [-0.3, -0.25) is 9.59 Å². The first-order chi connectivity index (χ1) is 11.9. The Morgan fingerprint density at radius 3 is 2.52 bits per heavy atom. The molecule has 25 heavy (non-hydrogen) atoms. The second-order valence-corrected chi connectivity index (χ2v) is 6.85. The highest BCUT2D eigenvalue weighted by Crippen LogP contribution is 2.28. The maximum Gasteiger partial charge on any atom is 0.254 e. The summed E-state index contributed by atoms with van der Waals surface area (Å²) in [7, 11) is 0. The van der Waals surface area contributed by atoms with Gasteiger partial charge in [-0.05, 0) is 50.1 Å². The average molecular weight is 357 g/mol. The second kappa shape index (κ2) is 6.89. The van der Waals surface area contributed by atoms with E-state index in [1.165, 1.54) is 0 Å². The molecule has 0 unspecified atom stereocenters. The molecule has 0 aliphatic carbocycles. The molecule has 1 aliphatic heterocycles. The van der Waals surface area contributed by atoms with E-state index < -0.39 is 6.04 Å². The highest BCUT2D eigenvalue weighted by Gasteiger charge is 2.36. The lowest BCUT2D eigenvalue weighted by Crippen LogP contribution is -2.58. The Kier molecular flexibility index (Phi) is 4.82. The van der Waals surface area contributed by atoms with E-state index in [1.54, 1.807) is 22.8 Å². The third-order valence-electron chi connectivity index (χ3n) is 4.75. The van der Waals surface area contributed by atoms with Crippen LogP contribution in [0.5, 0.6) is 0 Å². The molecule has 1 heterocycles. The molecule has 0 N–H and O–H groups in total. The SMILES string of the molecule is Cc1ccccc1C(=O)N1CCN(c2cc(Cl)ccc2C)C(=O)[C@H]1C. The number of hydrogen-bond acceptors (Lipinski definition) is 2. The van der Waals surface area contributed by atoms with Crippen molar-refractivity contribution in [3.05, 3.63) is 64.2 Å². The zero-order valence-corrected chi connectivity index (χ0v) is 15.4. The smallest absolute Gasteiger partial charge is 0.254 e. The fourth-order valence-corrected chi connectivity index (χ4v) is 3.39. The number of hydrogen-bond donors (Lipinski definition) is 0. The van der Waals surface area contributed by atoms with Gasteiger partial charge in [0.2, 0.25) is 5.91 Å². The maximum atomic E-state index is 12.9. The molecule has 1 atom stereocenters. The molecule has 0 bridgehead atoms. The number of rotatable bonds is 2. The van der Waals surface area contributed by atoms with Crippen molar-refractivity contribution in [1.29, 1.82) is 0 Å². The second-order valence-electron chi connectivity index (χ2n) is 6.41. The number of amides is 2. The minimum absolute atomic E-state index is 0.0847. The zero-order chi connectivity index (χ0) is 18.1. The Labute approximate surface area is 153 Å². The number of aryl methyl sites for hydroxylation is 2. The number of carbonyl (C=O) groups is 2. The summed E-state index contributed by atoms with van der Waals surface area (Å²) in [5.74, 6) is -0.181. The van der Waals surface area contributed by atoms with Crippen LogP contribution in [0.2, 0.25) is 5.02 Å². The maximum absolute atomic E-state index is 12.9. The number of anilines is 1. The van der Waals surface area contributed by atoms with Crippen LogP contribution >= 0.6 is 11.6 Å². The van der Waals surface area contributed by atoms with Crippen molar-refractivity contribution in [3.8, 4) is 0 Å². The molecule has 2 amide bonds. The van der Waals surface area contributed by atoms with Gasteiger partial charge in [0.25, 0.3) is 5.91 Å². The van der Waals surface area contributed by atoms with Gasteiger partial charge in [0.15, 0.2) is 0 Å². The predicted octanol–water partition coefficient (Wildman–Crippen LogP) is 3.83. The molecule has 1 fully saturated rings. The summed E-state index contributed by atoms with van der Waals surface area (Å²) < 4.78 is 0. The van der Waals surface area contributed by atoms with E-state index in [1.807, 2.05) is 50.2 Å². The third kappa shape index (κ3) is 3.27. The van der Waals surface area contributed by atoms with Crippen molar-refractivity contribution < 1.29 is 9.59 Å². The summed E-state index contributed by atoms with van der Waals surface area (Å²) in [5.41, 5.74) is 3.37. The molecule has 130 valence electrons. The number of halogens is 1. The molecule has 0 spiro atoms. The van der Waals surface area contributed by atoms with E-state index in [0.29, 0.717) is 23.7 Å². The molecule has 5 heteroatoms. The minimum Gasteiger partial charge on any atom is -0.325 e. The molecule has 4 nitrogen and oxygen atoms in total. The van der Waals surface area contributed by atoms with Gasteiger partial charge >= 0.3 is 0 Å². The van der Waals surface area contributed by atoms with Crippen LogP contribution in [-0.4, -0.2) is 35.8 Å². The van der Waals surface area contributed by atoms with Crippen molar-refractivity contribution in [2.45, 2.75) is 26.8 Å². The summed E-state index contributed by atoms with van der Waals surface area (Å²) in [5, 5.41) is 0.597. The predicted molar refractivity (Wildman–Crippen MR) is 100 cm³/mol. The van der Waals surface area contributed by atoms with Crippen LogP contribution in [0.1, 0.15) is 28.4 Å². The van der Waals surface area contributed by atoms with E-state index in [-0.39, 0.29) is 11.8 Å². The molecule has 1 aliphatic rings. The van der Waals surface area contributed by atoms with Gasteiger partial charge < -0.3 is 9.80 Å². The Balaban J connectivity index is 1.86. The summed E-state index contributed by atoms with van der Waals surface area (Å²) >= 11 is 6.09. The van der Waals surface area contributed by atoms with Gasteiger partial charge in [-0.15, -0.1) is 0 Å². The number of piperazine rings is 1. The fourth-order valence-electron chi connectivity index (χ4n) is 3.23. The lowest BCUT2D eigenvalue weighted by molar-refractivity contribution is -0.124. The fraction of sp³-hybridized carbons (Fsp3) is 0.300. The van der Waals surface area contributed by atoms with Crippen LogP contribution in [0, 0.1) is 13.8 Å². The van der Waals surface area contributed by atoms with Crippen molar-refractivity contribution in [2.24, 2.45) is 0 Å². The Morgan fingerprint density at radius 1 is 1.08 bits per heavy atom. The largest absolute Gasteiger partial charge is 0.325 e. The highest BCUT2D eigenvalue weighted by atomic mass is 35.5. The lowest BCUT2D eigenvalue weighted by atomic mass is 10.0. The Hall–Kier alpha value is -2.33. The van der Waals surface area contributed by atoms with Gasteiger partial charge in [0.1, 0.15) is 6.04 Å². The van der Waals surface area contributed by atoms with E-state index in [9.17, 15) is 9.59 Å². The lowest BCUT2D eigenvalue weighted by Gasteiger charge is -2.39. The van der Waals surface area contributed by atoms with Crippen LogP contribution in [0.15, 0.2) is 42.5 Å². The normalized spacial score (nSPS) is 17.8. The van der Waals surface area contributed by atoms with E-state index in [0.717, 1.165) is 16.8 Å². The molecule has 1 saturated heterocycles. The van der Waals surface area contributed by atoms with Gasteiger partial charge in [-0.2, -0.15) is 0 Å². The molecule has 2 aromatic rings. The van der Waals surface area contributed by atoms with E-state index in [2.05, 4.69) is 0 Å². The molecule has 0 aromatic heterocycles. The third-order valence-corrected chi connectivity index (χ3v) is 4.99. The Morgan fingerprint density at radius 2 is 1.80 bits per heavy atom. The highest BCUT2D eigenvalue weighted by molar-refractivity contribution is 6.31. The van der Waals surface area contributed by atoms with Gasteiger partial charge in [0.05, 0.1) is 0 Å². The average Bonchev–Trinajstić information content (AvgIpc) is 2.59. The topological polar surface area (TPSA) is 40.6 Å². The van der Waals surface area contributed by atoms with Gasteiger partial charge in [-0.25, -0.2) is 0 Å². The van der Waals surface area contributed by atoms with E-state index >= 15 is 0 Å². The quantitative estimate of drug-likeness (QED) is 0.820. The molecule has 2 aromatic carbocycles. The van der Waals surface area contributed by atoms with Crippen molar-refractivity contribution in [3.63, 3.8) is 0 Å². The van der Waals surface area contributed by atoms with Crippen LogP contribution in [0.3, 0.4) is 0 Å².